The lowest BCUT2D eigenvalue weighted by atomic mass is 9.81. The normalized spacial score (nSPS) is 49.7. The molecule has 3 heterocycles. The lowest BCUT2D eigenvalue weighted by molar-refractivity contribution is -0.154. The van der Waals surface area contributed by atoms with Gasteiger partial charge in [0.15, 0.2) is 0 Å². The van der Waals surface area contributed by atoms with E-state index in [0.717, 1.165) is 12.8 Å². The van der Waals surface area contributed by atoms with Crippen LogP contribution >= 0.6 is 0 Å². The van der Waals surface area contributed by atoms with Crippen LogP contribution in [0.3, 0.4) is 0 Å². The van der Waals surface area contributed by atoms with E-state index in [4.69, 9.17) is 0 Å². The van der Waals surface area contributed by atoms with E-state index >= 15 is 0 Å². The highest BCUT2D eigenvalue weighted by Crippen LogP contribution is 2.43. The lowest BCUT2D eigenvalue weighted by Crippen LogP contribution is -2.29. The molecule has 4 nitrogen and oxygen atoms in total. The molecule has 3 aliphatic rings. The summed E-state index contributed by atoms with van der Waals surface area (Å²) in [6.07, 6.45) is 2.02. The van der Waals surface area contributed by atoms with Crippen LogP contribution in [0.4, 0.5) is 0 Å². The maximum Gasteiger partial charge on any atom is 0.319 e. The van der Waals surface area contributed by atoms with Gasteiger partial charge in [0.1, 0.15) is 0 Å². The molecule has 3 rings (SSSR count). The Morgan fingerprint density at radius 2 is 1.58 bits per heavy atom. The summed E-state index contributed by atoms with van der Waals surface area (Å²) >= 11 is 0. The molecule has 3 saturated heterocycles. The van der Waals surface area contributed by atoms with Crippen molar-refractivity contribution in [1.82, 2.24) is 5.32 Å². The highest BCUT2D eigenvalue weighted by molar-refractivity contribution is 5.98. The number of nitrogens with one attached hydrogen (secondary N) is 1. The molecule has 0 amide bonds. The Morgan fingerprint density at radius 1 is 1.08 bits per heavy atom. The molecule has 3 aliphatic heterocycles. The molecule has 0 aromatic rings. The van der Waals surface area contributed by atoms with Crippen molar-refractivity contribution in [1.29, 1.82) is 0 Å². The van der Waals surface area contributed by atoms with Gasteiger partial charge in [0.25, 0.3) is 0 Å². The second kappa shape index (κ2) is 1.88. The maximum atomic E-state index is 11.2. The van der Waals surface area contributed by atoms with Gasteiger partial charge in [-0.05, 0) is 12.8 Å². The van der Waals surface area contributed by atoms with Crippen molar-refractivity contribution in [3.63, 3.8) is 0 Å². The van der Waals surface area contributed by atoms with Crippen LogP contribution in [0.2, 0.25) is 0 Å². The van der Waals surface area contributed by atoms with Crippen molar-refractivity contribution in [2.75, 3.05) is 0 Å². The predicted molar refractivity (Wildman–Crippen MR) is 38.0 cm³/mol. The third-order valence-corrected chi connectivity index (χ3v) is 3.22. The monoisotopic (exact) mass is 167 g/mol. The molecule has 0 aliphatic carbocycles. The van der Waals surface area contributed by atoms with Crippen molar-refractivity contribution in [3.05, 3.63) is 0 Å². The summed E-state index contributed by atoms with van der Waals surface area (Å²) in [4.78, 5) is 22.3. The zero-order valence-corrected chi connectivity index (χ0v) is 6.45. The largest absolute Gasteiger partial charge is 0.393 e. The SMILES string of the molecule is O=C1OC(=O)C2C3CCC(N3)C12. The minimum absolute atomic E-state index is 0.170. The van der Waals surface area contributed by atoms with Crippen LogP contribution in [-0.2, 0) is 14.3 Å². The topological polar surface area (TPSA) is 55.4 Å². The van der Waals surface area contributed by atoms with Gasteiger partial charge in [0.2, 0.25) is 0 Å². The molecule has 64 valence electrons. The first-order chi connectivity index (χ1) is 5.77. The summed E-state index contributed by atoms with van der Waals surface area (Å²) in [5, 5.41) is 3.27. The molecule has 4 heteroatoms. The molecule has 4 atom stereocenters. The predicted octanol–water partition coefficient (Wildman–Crippen LogP) is -0.564. The Labute approximate surface area is 69.3 Å². The second-order valence-electron chi connectivity index (χ2n) is 3.75. The number of cyclic esters (lactones) is 2. The average molecular weight is 167 g/mol. The van der Waals surface area contributed by atoms with Crippen LogP contribution in [0.25, 0.3) is 0 Å². The summed E-state index contributed by atoms with van der Waals surface area (Å²) in [6.45, 7) is 0. The molecule has 4 unspecified atom stereocenters. The van der Waals surface area contributed by atoms with E-state index in [0.29, 0.717) is 0 Å². The highest BCUT2D eigenvalue weighted by Gasteiger charge is 2.59. The molecule has 0 saturated carbocycles. The van der Waals surface area contributed by atoms with E-state index in [1.165, 1.54) is 0 Å². The van der Waals surface area contributed by atoms with E-state index in [9.17, 15) is 9.59 Å². The van der Waals surface area contributed by atoms with E-state index in [1.807, 2.05) is 0 Å². The quantitative estimate of drug-likeness (QED) is 0.388. The van der Waals surface area contributed by atoms with E-state index < -0.39 is 0 Å². The zero-order chi connectivity index (χ0) is 8.29. The Morgan fingerprint density at radius 3 is 2.08 bits per heavy atom. The van der Waals surface area contributed by atoms with Gasteiger partial charge in [-0.2, -0.15) is 0 Å². The van der Waals surface area contributed by atoms with Gasteiger partial charge in [-0.25, -0.2) is 0 Å². The van der Waals surface area contributed by atoms with E-state index in [-0.39, 0.29) is 35.9 Å². The van der Waals surface area contributed by atoms with E-state index in [2.05, 4.69) is 10.1 Å². The van der Waals surface area contributed by atoms with Gasteiger partial charge in [0, 0.05) is 12.1 Å². The minimum Gasteiger partial charge on any atom is -0.393 e. The molecule has 12 heavy (non-hydrogen) atoms. The molecule has 3 fully saturated rings. The van der Waals surface area contributed by atoms with Crippen LogP contribution in [0.1, 0.15) is 12.8 Å². The minimum atomic E-state index is -0.315. The van der Waals surface area contributed by atoms with Gasteiger partial charge in [-0.1, -0.05) is 0 Å². The molecule has 0 spiro atoms. The molecular weight excluding hydrogens is 158 g/mol. The fraction of sp³-hybridized carbons (Fsp3) is 0.750. The molecule has 0 radical (unpaired) electrons. The summed E-state index contributed by atoms with van der Waals surface area (Å²) in [6, 6.07) is 0.415. The van der Waals surface area contributed by atoms with Crippen LogP contribution in [0.15, 0.2) is 0 Å². The van der Waals surface area contributed by atoms with Gasteiger partial charge in [0.05, 0.1) is 11.8 Å². The number of ether oxygens (including phenoxy) is 1. The summed E-state index contributed by atoms with van der Waals surface area (Å²) in [5.74, 6) is -0.970. The molecular formula is C8H9NO3. The number of rotatable bonds is 0. The highest BCUT2D eigenvalue weighted by atomic mass is 16.6. The summed E-state index contributed by atoms with van der Waals surface area (Å²) in [7, 11) is 0. The first kappa shape index (κ1) is 6.60. The number of carbonyl (C=O) groups is 2. The van der Waals surface area contributed by atoms with E-state index in [1.54, 1.807) is 0 Å². The standard InChI is InChI=1S/C8H9NO3/c10-7-5-3-1-2-4(9-3)6(5)8(11)12-7/h3-6,9H,1-2H2. The van der Waals surface area contributed by atoms with Crippen molar-refractivity contribution in [2.24, 2.45) is 11.8 Å². The van der Waals surface area contributed by atoms with Gasteiger partial charge >= 0.3 is 11.9 Å². The first-order valence-corrected chi connectivity index (χ1v) is 4.29. The molecule has 0 aromatic heterocycles. The second-order valence-corrected chi connectivity index (χ2v) is 3.75. The third-order valence-electron chi connectivity index (χ3n) is 3.22. The Hall–Kier alpha value is -0.900. The van der Waals surface area contributed by atoms with Crippen molar-refractivity contribution in [3.8, 4) is 0 Å². The van der Waals surface area contributed by atoms with Crippen molar-refractivity contribution in [2.45, 2.75) is 24.9 Å². The maximum absolute atomic E-state index is 11.2. The Bertz CT molecular complexity index is 249. The Kier molecular flexibility index (Phi) is 1.03. The smallest absolute Gasteiger partial charge is 0.319 e. The van der Waals surface area contributed by atoms with Gasteiger partial charge < -0.3 is 10.1 Å². The first-order valence-electron chi connectivity index (χ1n) is 4.29. The molecule has 1 N–H and O–H groups in total. The summed E-state index contributed by atoms with van der Waals surface area (Å²) in [5.41, 5.74) is 0. The fourth-order valence-corrected chi connectivity index (χ4v) is 2.72. The van der Waals surface area contributed by atoms with Crippen molar-refractivity contribution >= 4 is 11.9 Å². The third kappa shape index (κ3) is 0.579. The lowest BCUT2D eigenvalue weighted by Gasteiger charge is -2.15. The number of fused-ring (bicyclic) bond motifs is 5. The Balaban J connectivity index is 2.03. The van der Waals surface area contributed by atoms with Crippen LogP contribution in [0, 0.1) is 11.8 Å². The zero-order valence-electron chi connectivity index (χ0n) is 6.45. The number of esters is 2. The average Bonchev–Trinajstić information content (AvgIpc) is 2.64. The molecule has 0 aromatic carbocycles. The van der Waals surface area contributed by atoms with Crippen LogP contribution in [-0.4, -0.2) is 24.0 Å². The molecule has 2 bridgehead atoms. The van der Waals surface area contributed by atoms with Crippen LogP contribution < -0.4 is 5.32 Å². The van der Waals surface area contributed by atoms with Gasteiger partial charge in [-0.3, -0.25) is 9.59 Å². The number of hydrogen-bond donors (Lipinski definition) is 1. The van der Waals surface area contributed by atoms with Gasteiger partial charge in [-0.15, -0.1) is 0 Å². The fourth-order valence-electron chi connectivity index (χ4n) is 2.72. The number of hydrogen-bond acceptors (Lipinski definition) is 4. The summed E-state index contributed by atoms with van der Waals surface area (Å²) < 4.78 is 4.59. The number of carbonyl (C=O) groups excluding carboxylic acids is 2. The van der Waals surface area contributed by atoms with Crippen LogP contribution in [0.5, 0.6) is 0 Å². The van der Waals surface area contributed by atoms with Crippen molar-refractivity contribution < 1.29 is 14.3 Å².